The van der Waals surface area contributed by atoms with Gasteiger partial charge in [-0.15, -0.1) is 0 Å². The molecular weight excluding hydrogens is 514 g/mol. The van der Waals surface area contributed by atoms with E-state index in [0.29, 0.717) is 0 Å². The standard InChI is InChI=1S/C12H22NO3Si.C2F6NO4S2/c1-14-17(15-2,16-3)12-8-7-11-13-9-5-4-6-10-13;3-1(4,5)14(10,11)9-15(12,13)2(6,7)8/h4-6,9-10H,7-8,11-12H2,1-3H3;/q+1;-1. The number of hydrogen-bond acceptors (Lipinski definition) is 7. The van der Waals surface area contributed by atoms with Crippen molar-refractivity contribution in [3.05, 3.63) is 34.7 Å². The van der Waals surface area contributed by atoms with Crippen LogP contribution < -0.4 is 4.57 Å². The Morgan fingerprint density at radius 1 is 0.781 bits per heavy atom. The molecule has 0 saturated heterocycles. The van der Waals surface area contributed by atoms with Gasteiger partial charge in [-0.3, -0.25) is 0 Å². The Hall–Kier alpha value is -1.31. The highest BCUT2D eigenvalue weighted by molar-refractivity contribution is 8.13. The third kappa shape index (κ3) is 9.67. The highest BCUT2D eigenvalue weighted by Crippen LogP contribution is 2.36. The van der Waals surface area contributed by atoms with Crippen LogP contribution in [0, 0.1) is 0 Å². The zero-order valence-corrected chi connectivity index (χ0v) is 19.7. The second kappa shape index (κ2) is 12.2. The van der Waals surface area contributed by atoms with Crippen molar-refractivity contribution in [3.63, 3.8) is 0 Å². The fourth-order valence-corrected chi connectivity index (χ4v) is 5.49. The van der Waals surface area contributed by atoms with Crippen LogP contribution in [-0.4, -0.2) is 58.0 Å². The number of hydrogen-bond donors (Lipinski definition) is 0. The minimum absolute atomic E-state index is 0.778. The first-order valence-electron chi connectivity index (χ1n) is 8.43. The van der Waals surface area contributed by atoms with E-state index in [9.17, 15) is 43.2 Å². The molecule has 0 aliphatic carbocycles. The lowest BCUT2D eigenvalue weighted by atomic mass is 10.3. The smallest absolute Gasteiger partial charge is 0.421 e. The monoisotopic (exact) mass is 536 g/mol. The number of alkyl halides is 6. The predicted molar refractivity (Wildman–Crippen MR) is 101 cm³/mol. The van der Waals surface area contributed by atoms with Gasteiger partial charge in [-0.05, 0) is 6.42 Å². The summed E-state index contributed by atoms with van der Waals surface area (Å²) in [4.78, 5) is 0. The maximum Gasteiger partial charge on any atom is 0.500 e. The fourth-order valence-electron chi connectivity index (χ4n) is 1.99. The average Bonchev–Trinajstić information content (AvgIpc) is 2.67. The summed E-state index contributed by atoms with van der Waals surface area (Å²) in [5.41, 5.74) is -12.4. The van der Waals surface area contributed by atoms with E-state index in [1.165, 1.54) is 0 Å². The summed E-state index contributed by atoms with van der Waals surface area (Å²) < 4.78 is 127. The van der Waals surface area contributed by atoms with Crippen molar-refractivity contribution in [3.8, 4) is 0 Å². The van der Waals surface area contributed by atoms with Crippen molar-refractivity contribution >= 4 is 28.9 Å². The number of pyridine rings is 1. The van der Waals surface area contributed by atoms with E-state index < -0.39 is 39.9 Å². The second-order valence-corrected chi connectivity index (χ2v) is 12.3. The Morgan fingerprint density at radius 3 is 1.53 bits per heavy atom. The van der Waals surface area contributed by atoms with Gasteiger partial charge in [0.25, 0.3) is 0 Å². The third-order valence-corrected chi connectivity index (χ3v) is 9.21. The molecule has 0 aliphatic rings. The van der Waals surface area contributed by atoms with Crippen LogP contribution in [0.3, 0.4) is 0 Å². The molecule has 32 heavy (non-hydrogen) atoms. The molecule has 0 saturated carbocycles. The van der Waals surface area contributed by atoms with Gasteiger partial charge in [-0.25, -0.2) is 21.4 Å². The SMILES string of the molecule is CO[Si](CCCC[n+]1ccccc1)(OC)OC.O=S(=O)([N-]S(=O)(=O)C(F)(F)F)C(F)(F)F. The van der Waals surface area contributed by atoms with E-state index in [1.807, 2.05) is 18.2 Å². The number of rotatable bonds is 10. The third-order valence-electron chi connectivity index (χ3n) is 3.64. The van der Waals surface area contributed by atoms with Crippen molar-refractivity contribution in [1.29, 1.82) is 0 Å². The first kappa shape index (κ1) is 30.7. The fraction of sp³-hybridized carbons (Fsp3) is 0.643. The number of halogens is 6. The van der Waals surface area contributed by atoms with Gasteiger partial charge in [-0.2, -0.15) is 26.3 Å². The number of aromatic nitrogens is 1. The summed E-state index contributed by atoms with van der Waals surface area (Å²) >= 11 is 0. The van der Waals surface area contributed by atoms with Crippen molar-refractivity contribution in [1.82, 2.24) is 0 Å². The molecule has 0 atom stereocenters. The average molecular weight is 537 g/mol. The van der Waals surface area contributed by atoms with Gasteiger partial charge < -0.3 is 17.4 Å². The van der Waals surface area contributed by atoms with E-state index in [2.05, 4.69) is 17.0 Å². The van der Waals surface area contributed by atoms with Crippen LogP contribution in [-0.2, 0) is 39.9 Å². The highest BCUT2D eigenvalue weighted by Gasteiger charge is 2.47. The zero-order chi connectivity index (χ0) is 25.3. The lowest BCUT2D eigenvalue weighted by molar-refractivity contribution is -0.697. The van der Waals surface area contributed by atoms with Gasteiger partial charge >= 0.3 is 19.8 Å². The van der Waals surface area contributed by atoms with Crippen LogP contribution in [0.2, 0.25) is 6.04 Å². The van der Waals surface area contributed by atoms with E-state index in [0.717, 1.165) is 29.6 Å². The van der Waals surface area contributed by atoms with Crippen LogP contribution in [0.15, 0.2) is 30.6 Å². The Balaban J connectivity index is 0.000000607. The molecule has 188 valence electrons. The van der Waals surface area contributed by atoms with Gasteiger partial charge in [0.15, 0.2) is 32.4 Å². The topological polar surface area (TPSA) is 114 Å². The lowest BCUT2D eigenvalue weighted by Gasteiger charge is -2.23. The maximum absolute atomic E-state index is 11.4. The van der Waals surface area contributed by atoms with Crippen molar-refractivity contribution in [2.24, 2.45) is 0 Å². The molecule has 1 aromatic heterocycles. The molecule has 9 nitrogen and oxygen atoms in total. The molecule has 1 rings (SSSR count). The van der Waals surface area contributed by atoms with Crippen molar-refractivity contribution < 1.29 is 61.0 Å². The second-order valence-electron chi connectivity index (χ2n) is 5.78. The van der Waals surface area contributed by atoms with Crippen molar-refractivity contribution in [2.45, 2.75) is 36.4 Å². The Bertz CT molecular complexity index is 842. The number of aryl methyl sites for hydroxylation is 1. The molecule has 0 unspecified atom stereocenters. The molecule has 0 N–H and O–H groups in total. The Morgan fingerprint density at radius 2 is 1.19 bits per heavy atom. The molecule has 0 aliphatic heterocycles. The molecule has 18 heteroatoms. The first-order valence-corrected chi connectivity index (χ1v) is 13.2. The van der Waals surface area contributed by atoms with Crippen molar-refractivity contribution in [2.75, 3.05) is 21.3 Å². The molecular formula is C14H22F6N2O7S2Si. The van der Waals surface area contributed by atoms with Gasteiger partial charge in [0.05, 0.1) is 0 Å². The molecule has 1 heterocycles. The molecule has 1 aromatic rings. The number of sulfonamides is 2. The zero-order valence-electron chi connectivity index (χ0n) is 17.1. The van der Waals surface area contributed by atoms with Crippen LogP contribution in [0.5, 0.6) is 0 Å². The van der Waals surface area contributed by atoms with E-state index in [-0.39, 0.29) is 0 Å². The van der Waals surface area contributed by atoms with Gasteiger partial charge in [0, 0.05) is 45.9 Å². The molecule has 0 fully saturated rings. The molecule has 0 amide bonds. The Kier molecular flexibility index (Phi) is 11.7. The van der Waals surface area contributed by atoms with E-state index in [4.69, 9.17) is 13.3 Å². The Labute approximate surface area is 182 Å². The number of unbranched alkanes of at least 4 members (excludes halogenated alkanes) is 1. The first-order chi connectivity index (χ1) is 14.5. The quantitative estimate of drug-likeness (QED) is 0.196. The normalized spacial score (nSPS) is 13.4. The summed E-state index contributed by atoms with van der Waals surface area (Å²) in [5.74, 6) is 0. The van der Waals surface area contributed by atoms with Gasteiger partial charge in [-0.1, -0.05) is 6.07 Å². The van der Waals surface area contributed by atoms with Crippen LogP contribution in [0.25, 0.3) is 4.13 Å². The number of nitrogens with zero attached hydrogens (tertiary/aromatic N) is 2. The largest absolute Gasteiger partial charge is 0.500 e. The highest BCUT2D eigenvalue weighted by atomic mass is 32.3. The van der Waals surface area contributed by atoms with Crippen LogP contribution in [0.4, 0.5) is 26.3 Å². The molecule has 0 spiro atoms. The summed E-state index contributed by atoms with van der Waals surface area (Å²) in [6.45, 7) is 1.02. The van der Waals surface area contributed by atoms with E-state index in [1.54, 1.807) is 21.3 Å². The van der Waals surface area contributed by atoms with Gasteiger partial charge in [0.2, 0.25) is 0 Å². The summed E-state index contributed by atoms with van der Waals surface area (Å²) in [5, 5.41) is 0. The molecule has 0 aromatic carbocycles. The molecule has 0 radical (unpaired) electrons. The summed E-state index contributed by atoms with van der Waals surface area (Å²) in [6, 6.07) is 6.97. The predicted octanol–water partition coefficient (Wildman–Crippen LogP) is 2.69. The van der Waals surface area contributed by atoms with Crippen LogP contribution in [0.1, 0.15) is 12.8 Å². The van der Waals surface area contributed by atoms with Gasteiger partial charge in [0.1, 0.15) is 6.54 Å². The van der Waals surface area contributed by atoms with E-state index >= 15 is 0 Å². The minimum atomic E-state index is -6.72. The maximum atomic E-state index is 11.4. The van der Waals surface area contributed by atoms with Crippen LogP contribution >= 0.6 is 0 Å². The summed E-state index contributed by atoms with van der Waals surface area (Å²) in [6.07, 6.45) is 6.30. The molecule has 0 bridgehead atoms. The minimum Gasteiger partial charge on any atom is -0.421 e. The summed E-state index contributed by atoms with van der Waals surface area (Å²) in [7, 11) is -10.8. The lowest BCUT2D eigenvalue weighted by Crippen LogP contribution is -2.42.